The van der Waals surface area contributed by atoms with Crippen molar-refractivity contribution in [2.45, 2.75) is 32.4 Å². The van der Waals surface area contributed by atoms with Gasteiger partial charge >= 0.3 is 6.09 Å². The van der Waals surface area contributed by atoms with Gasteiger partial charge in [0.05, 0.1) is 12.6 Å². The van der Waals surface area contributed by atoms with Crippen LogP contribution in [0.5, 0.6) is 0 Å². The summed E-state index contributed by atoms with van der Waals surface area (Å²) in [6.45, 7) is 5.76. The number of anilines is 1. The summed E-state index contributed by atoms with van der Waals surface area (Å²) in [7, 11) is 0. The number of nitrogens with zero attached hydrogens (tertiary/aromatic N) is 1. The lowest BCUT2D eigenvalue weighted by Gasteiger charge is -2.23. The maximum Gasteiger partial charge on any atom is 0.408 e. The molecule has 138 valence electrons. The van der Waals surface area contributed by atoms with E-state index in [0.717, 1.165) is 11.3 Å². The Hall–Kier alpha value is -3.02. The fourth-order valence-corrected chi connectivity index (χ4v) is 2.27. The Kier molecular flexibility index (Phi) is 6.60. The highest BCUT2D eigenvalue weighted by Gasteiger charge is 2.20. The number of hydrogen-bond donors (Lipinski definition) is 3. The number of aliphatic imine (C=N–C) groups is 1. The highest BCUT2D eigenvalue weighted by atomic mass is 16.6. The molecule has 0 saturated heterocycles. The number of ether oxygens (including phenoxy) is 1. The van der Waals surface area contributed by atoms with Crippen LogP contribution in [0, 0.1) is 0 Å². The lowest BCUT2D eigenvalue weighted by atomic mass is 10.1. The molecule has 1 unspecified atom stereocenters. The summed E-state index contributed by atoms with van der Waals surface area (Å²) in [6.07, 6.45) is -0.490. The average molecular weight is 354 g/mol. The lowest BCUT2D eigenvalue weighted by Crippen LogP contribution is -2.36. The van der Waals surface area contributed by atoms with Gasteiger partial charge < -0.3 is 21.1 Å². The Bertz CT molecular complexity index is 724. The molecule has 0 radical (unpaired) electrons. The van der Waals surface area contributed by atoms with E-state index in [2.05, 4.69) is 15.6 Å². The Morgan fingerprint density at radius 3 is 2.23 bits per heavy atom. The zero-order valence-corrected chi connectivity index (χ0v) is 15.4. The second kappa shape index (κ2) is 8.89. The molecule has 0 heterocycles. The number of amides is 1. The zero-order chi connectivity index (χ0) is 19.0. The van der Waals surface area contributed by atoms with Gasteiger partial charge in [0.2, 0.25) is 0 Å². The van der Waals surface area contributed by atoms with E-state index >= 15 is 0 Å². The fourth-order valence-electron chi connectivity index (χ4n) is 2.27. The third-order valence-corrected chi connectivity index (χ3v) is 3.38. The largest absolute Gasteiger partial charge is 0.444 e. The molecular weight excluding hydrogens is 328 g/mol. The molecule has 6 heteroatoms. The van der Waals surface area contributed by atoms with Gasteiger partial charge in [-0.15, -0.1) is 0 Å². The number of benzene rings is 2. The highest BCUT2D eigenvalue weighted by molar-refractivity contribution is 5.92. The first kappa shape index (κ1) is 19.3. The average Bonchev–Trinajstić information content (AvgIpc) is 2.58. The highest BCUT2D eigenvalue weighted by Crippen LogP contribution is 2.15. The molecule has 26 heavy (non-hydrogen) atoms. The van der Waals surface area contributed by atoms with Gasteiger partial charge in [0, 0.05) is 5.69 Å². The molecule has 0 aliphatic heterocycles. The SMILES string of the molecule is CC(C)(C)OC(=O)NC(CN=C(N)Nc1ccccc1)c1ccccc1. The van der Waals surface area contributed by atoms with Crippen molar-refractivity contribution in [1.29, 1.82) is 0 Å². The second-order valence-electron chi connectivity index (χ2n) is 6.83. The number of para-hydroxylation sites is 1. The Labute approximate surface area is 154 Å². The van der Waals surface area contributed by atoms with E-state index in [9.17, 15) is 4.79 Å². The molecule has 1 amide bonds. The summed E-state index contributed by atoms with van der Waals surface area (Å²) >= 11 is 0. The summed E-state index contributed by atoms with van der Waals surface area (Å²) in [6, 6.07) is 18.8. The minimum atomic E-state index is -0.567. The van der Waals surface area contributed by atoms with Gasteiger partial charge in [-0.3, -0.25) is 4.99 Å². The van der Waals surface area contributed by atoms with E-state index < -0.39 is 11.7 Å². The minimum Gasteiger partial charge on any atom is -0.444 e. The Morgan fingerprint density at radius 1 is 1.08 bits per heavy atom. The van der Waals surface area contributed by atoms with Gasteiger partial charge in [-0.2, -0.15) is 0 Å². The number of guanidine groups is 1. The molecule has 4 N–H and O–H groups in total. The molecule has 6 nitrogen and oxygen atoms in total. The van der Waals surface area contributed by atoms with Gasteiger partial charge in [-0.25, -0.2) is 4.79 Å². The third-order valence-electron chi connectivity index (χ3n) is 3.38. The number of nitrogens with one attached hydrogen (secondary N) is 2. The second-order valence-corrected chi connectivity index (χ2v) is 6.83. The van der Waals surface area contributed by atoms with Crippen molar-refractivity contribution in [1.82, 2.24) is 5.32 Å². The van der Waals surface area contributed by atoms with Crippen LogP contribution in [0.15, 0.2) is 65.7 Å². The van der Waals surface area contributed by atoms with Crippen LogP contribution in [0.25, 0.3) is 0 Å². The first-order valence-electron chi connectivity index (χ1n) is 8.50. The van der Waals surface area contributed by atoms with Gasteiger partial charge in [-0.05, 0) is 38.5 Å². The molecule has 0 aromatic heterocycles. The molecule has 2 rings (SSSR count). The van der Waals surface area contributed by atoms with Gasteiger partial charge in [0.15, 0.2) is 5.96 Å². The molecule has 0 fully saturated rings. The summed E-state index contributed by atoms with van der Waals surface area (Å²) < 4.78 is 5.35. The molecule has 2 aromatic carbocycles. The summed E-state index contributed by atoms with van der Waals surface area (Å²) in [5.41, 5.74) is 7.17. The molecule has 2 aromatic rings. The van der Waals surface area contributed by atoms with E-state index in [-0.39, 0.29) is 18.5 Å². The Morgan fingerprint density at radius 2 is 1.65 bits per heavy atom. The summed E-state index contributed by atoms with van der Waals surface area (Å²) in [5.74, 6) is 0.281. The maximum atomic E-state index is 12.1. The quantitative estimate of drug-likeness (QED) is 0.564. The number of carbonyl (C=O) groups excluding carboxylic acids is 1. The van der Waals surface area contributed by atoms with Gasteiger partial charge in [0.25, 0.3) is 0 Å². The number of hydrogen-bond acceptors (Lipinski definition) is 3. The summed E-state index contributed by atoms with van der Waals surface area (Å²) in [5, 5.41) is 5.88. The molecular formula is C20H26N4O2. The van der Waals surface area contributed by atoms with Crippen LogP contribution in [0.4, 0.5) is 10.5 Å². The fraction of sp³-hybridized carbons (Fsp3) is 0.300. The van der Waals surface area contributed by atoms with Crippen LogP contribution >= 0.6 is 0 Å². The van der Waals surface area contributed by atoms with Crippen molar-refractivity contribution < 1.29 is 9.53 Å². The molecule has 1 atom stereocenters. The third kappa shape index (κ3) is 6.84. The predicted octanol–water partition coefficient (Wildman–Crippen LogP) is 3.68. The number of alkyl carbamates (subject to hydrolysis) is 1. The van der Waals surface area contributed by atoms with Gasteiger partial charge in [-0.1, -0.05) is 48.5 Å². The number of rotatable bonds is 5. The standard InChI is InChI=1S/C20H26N4O2/c1-20(2,3)26-19(25)24-17(15-10-6-4-7-11-15)14-22-18(21)23-16-12-8-5-9-13-16/h4-13,17H,14H2,1-3H3,(H,24,25)(H3,21,22,23). The first-order chi connectivity index (χ1) is 12.3. The summed E-state index contributed by atoms with van der Waals surface area (Å²) in [4.78, 5) is 16.5. The molecule has 0 saturated carbocycles. The van der Waals surface area contributed by atoms with E-state index in [4.69, 9.17) is 10.5 Å². The van der Waals surface area contributed by atoms with Crippen LogP contribution in [0.3, 0.4) is 0 Å². The van der Waals surface area contributed by atoms with Gasteiger partial charge in [0.1, 0.15) is 5.60 Å². The van der Waals surface area contributed by atoms with Crippen molar-refractivity contribution in [3.8, 4) is 0 Å². The number of carbonyl (C=O) groups is 1. The van der Waals surface area contributed by atoms with E-state index in [1.54, 1.807) is 0 Å². The van der Waals surface area contributed by atoms with Crippen LogP contribution < -0.4 is 16.4 Å². The molecule has 0 bridgehead atoms. The smallest absolute Gasteiger partial charge is 0.408 e. The van der Waals surface area contributed by atoms with Crippen molar-refractivity contribution in [2.75, 3.05) is 11.9 Å². The minimum absolute atomic E-state index is 0.281. The van der Waals surface area contributed by atoms with Crippen molar-refractivity contribution >= 4 is 17.7 Å². The lowest BCUT2D eigenvalue weighted by molar-refractivity contribution is 0.0505. The van der Waals surface area contributed by atoms with Crippen molar-refractivity contribution in [2.24, 2.45) is 10.7 Å². The van der Waals surface area contributed by atoms with E-state index in [1.807, 2.05) is 81.4 Å². The molecule has 0 aliphatic rings. The molecule has 0 aliphatic carbocycles. The van der Waals surface area contributed by atoms with Crippen LogP contribution in [-0.2, 0) is 4.74 Å². The molecule has 0 spiro atoms. The van der Waals surface area contributed by atoms with Crippen molar-refractivity contribution in [3.05, 3.63) is 66.2 Å². The van der Waals surface area contributed by atoms with Crippen LogP contribution in [-0.4, -0.2) is 24.2 Å². The van der Waals surface area contributed by atoms with E-state index in [0.29, 0.717) is 0 Å². The van der Waals surface area contributed by atoms with Crippen LogP contribution in [0.1, 0.15) is 32.4 Å². The normalized spacial score (nSPS) is 13.0. The zero-order valence-electron chi connectivity index (χ0n) is 15.4. The first-order valence-corrected chi connectivity index (χ1v) is 8.50. The van der Waals surface area contributed by atoms with E-state index in [1.165, 1.54) is 0 Å². The monoisotopic (exact) mass is 354 g/mol. The topological polar surface area (TPSA) is 88.7 Å². The predicted molar refractivity (Wildman–Crippen MR) is 105 cm³/mol. The van der Waals surface area contributed by atoms with Crippen molar-refractivity contribution in [3.63, 3.8) is 0 Å². The maximum absolute atomic E-state index is 12.1. The number of nitrogens with two attached hydrogens (primary N) is 1. The van der Waals surface area contributed by atoms with Crippen LogP contribution in [0.2, 0.25) is 0 Å². The Balaban J connectivity index is 2.06.